The molecule has 2 aromatic rings. The average Bonchev–Trinajstić information content (AvgIpc) is 2.93. The van der Waals surface area contributed by atoms with E-state index in [0.717, 1.165) is 24.6 Å². The second-order valence-electron chi connectivity index (χ2n) is 7.25. The molecule has 1 aromatic carbocycles. The van der Waals surface area contributed by atoms with Gasteiger partial charge in [0.1, 0.15) is 0 Å². The predicted molar refractivity (Wildman–Crippen MR) is 90.6 cm³/mol. The summed E-state index contributed by atoms with van der Waals surface area (Å²) in [4.78, 5) is 2.66. The molecule has 0 bridgehead atoms. The molecule has 3 rings (SSSR count). The molecule has 2 heterocycles. The monoisotopic (exact) mass is 349 g/mol. The third-order valence-electron chi connectivity index (χ3n) is 4.39. The van der Waals surface area contributed by atoms with Crippen LogP contribution in [0.25, 0.3) is 5.69 Å². The zero-order chi connectivity index (χ0) is 17.4. The number of nitrogens with zero attached hydrogens (tertiary/aromatic N) is 5. The van der Waals surface area contributed by atoms with E-state index in [0.29, 0.717) is 16.9 Å². The Kier molecular flexibility index (Phi) is 4.44. The van der Waals surface area contributed by atoms with Crippen LogP contribution >= 0.6 is 0 Å². The fraction of sp³-hybridized carbons (Fsp3) is 0.562. The summed E-state index contributed by atoms with van der Waals surface area (Å²) in [7, 11) is -3.20. The fourth-order valence-corrected chi connectivity index (χ4v) is 3.85. The lowest BCUT2D eigenvalue weighted by Gasteiger charge is -2.37. The summed E-state index contributed by atoms with van der Waals surface area (Å²) in [6.45, 7) is 7.32. The van der Waals surface area contributed by atoms with Crippen LogP contribution in [-0.4, -0.2) is 52.9 Å². The summed E-state index contributed by atoms with van der Waals surface area (Å²) in [5, 5.41) is 12.0. The molecule has 7 nitrogen and oxygen atoms in total. The SMILES string of the molecule is CC1(C)CCCN(Cc2nnnn2-c2ccc(S(C)(=O)=O)cc2)C1. The second-order valence-corrected chi connectivity index (χ2v) is 9.27. The van der Waals surface area contributed by atoms with Crippen LogP contribution in [0.2, 0.25) is 0 Å². The van der Waals surface area contributed by atoms with Gasteiger partial charge in [0, 0.05) is 12.8 Å². The summed E-state index contributed by atoms with van der Waals surface area (Å²) < 4.78 is 24.8. The van der Waals surface area contributed by atoms with Gasteiger partial charge < -0.3 is 0 Å². The normalized spacial score (nSPS) is 18.6. The van der Waals surface area contributed by atoms with E-state index in [1.54, 1.807) is 28.9 Å². The van der Waals surface area contributed by atoms with Gasteiger partial charge in [0.15, 0.2) is 15.7 Å². The van der Waals surface area contributed by atoms with E-state index >= 15 is 0 Å². The van der Waals surface area contributed by atoms with E-state index < -0.39 is 9.84 Å². The van der Waals surface area contributed by atoms with Gasteiger partial charge in [0.05, 0.1) is 17.1 Å². The Morgan fingerprint density at radius 3 is 2.54 bits per heavy atom. The van der Waals surface area contributed by atoms with Crippen molar-refractivity contribution in [2.75, 3.05) is 19.3 Å². The largest absolute Gasteiger partial charge is 0.295 e. The molecule has 1 aromatic heterocycles. The van der Waals surface area contributed by atoms with Gasteiger partial charge in [-0.1, -0.05) is 13.8 Å². The Hall–Kier alpha value is -1.80. The molecule has 1 fully saturated rings. The van der Waals surface area contributed by atoms with Gasteiger partial charge in [-0.05, 0) is 59.5 Å². The first-order valence-corrected chi connectivity index (χ1v) is 9.94. The first-order valence-electron chi connectivity index (χ1n) is 8.05. The lowest BCUT2D eigenvalue weighted by atomic mass is 9.84. The van der Waals surface area contributed by atoms with Crippen molar-refractivity contribution in [3.63, 3.8) is 0 Å². The molecule has 8 heteroatoms. The van der Waals surface area contributed by atoms with Crippen LogP contribution in [0.5, 0.6) is 0 Å². The molecule has 0 amide bonds. The number of tetrazole rings is 1. The van der Waals surface area contributed by atoms with Crippen molar-refractivity contribution in [1.29, 1.82) is 0 Å². The molecule has 0 aliphatic carbocycles. The minimum atomic E-state index is -3.20. The molecular formula is C16H23N5O2S. The molecular weight excluding hydrogens is 326 g/mol. The number of benzene rings is 1. The van der Waals surface area contributed by atoms with E-state index in [4.69, 9.17) is 0 Å². The Bertz CT molecular complexity index is 811. The fourth-order valence-electron chi connectivity index (χ4n) is 3.22. The highest BCUT2D eigenvalue weighted by Crippen LogP contribution is 2.29. The highest BCUT2D eigenvalue weighted by Gasteiger charge is 2.27. The first kappa shape index (κ1) is 17.0. The number of likely N-dealkylation sites (tertiary alicyclic amines) is 1. The topological polar surface area (TPSA) is 81.0 Å². The summed E-state index contributed by atoms with van der Waals surface area (Å²) in [5.74, 6) is 0.764. The van der Waals surface area contributed by atoms with Crippen LogP contribution in [-0.2, 0) is 16.4 Å². The van der Waals surface area contributed by atoms with Crippen LogP contribution < -0.4 is 0 Å². The van der Waals surface area contributed by atoms with Crippen LogP contribution in [0, 0.1) is 5.41 Å². The van der Waals surface area contributed by atoms with Crippen molar-refractivity contribution in [2.45, 2.75) is 38.1 Å². The lowest BCUT2D eigenvalue weighted by Crippen LogP contribution is -2.40. The minimum Gasteiger partial charge on any atom is -0.295 e. The smallest absolute Gasteiger partial charge is 0.175 e. The maximum absolute atomic E-state index is 11.6. The van der Waals surface area contributed by atoms with Crippen LogP contribution in [0.1, 0.15) is 32.5 Å². The van der Waals surface area contributed by atoms with Gasteiger partial charge >= 0.3 is 0 Å². The van der Waals surface area contributed by atoms with Crippen LogP contribution in [0.15, 0.2) is 29.2 Å². The number of hydrogen-bond donors (Lipinski definition) is 0. The van der Waals surface area contributed by atoms with Crippen LogP contribution in [0.4, 0.5) is 0 Å². The number of piperidine rings is 1. The molecule has 0 spiro atoms. The first-order chi connectivity index (χ1) is 11.2. The summed E-state index contributed by atoms with van der Waals surface area (Å²) >= 11 is 0. The number of hydrogen-bond acceptors (Lipinski definition) is 6. The van der Waals surface area contributed by atoms with Crippen molar-refractivity contribution in [1.82, 2.24) is 25.1 Å². The van der Waals surface area contributed by atoms with Gasteiger partial charge in [-0.25, -0.2) is 8.42 Å². The molecule has 0 unspecified atom stereocenters. The molecule has 24 heavy (non-hydrogen) atoms. The van der Waals surface area contributed by atoms with E-state index in [9.17, 15) is 8.42 Å². The van der Waals surface area contributed by atoms with Crippen molar-refractivity contribution in [3.8, 4) is 5.69 Å². The summed E-state index contributed by atoms with van der Waals surface area (Å²) in [5.41, 5.74) is 1.08. The molecule has 1 aliphatic heterocycles. The zero-order valence-electron chi connectivity index (χ0n) is 14.3. The van der Waals surface area contributed by atoms with Crippen molar-refractivity contribution in [3.05, 3.63) is 30.1 Å². The maximum Gasteiger partial charge on any atom is 0.175 e. The highest BCUT2D eigenvalue weighted by molar-refractivity contribution is 7.90. The van der Waals surface area contributed by atoms with Gasteiger partial charge in [0.25, 0.3) is 0 Å². The standard InChI is InChI=1S/C16H23N5O2S/c1-16(2)9-4-10-20(12-16)11-15-17-18-19-21(15)13-5-7-14(8-6-13)24(3,22)23/h5-8H,4,9-12H2,1-3H3. The predicted octanol–water partition coefficient (Wildman–Crippen LogP) is 1.69. The summed E-state index contributed by atoms with van der Waals surface area (Å²) in [6, 6.07) is 6.63. The lowest BCUT2D eigenvalue weighted by molar-refractivity contribution is 0.108. The Morgan fingerprint density at radius 1 is 1.21 bits per heavy atom. The van der Waals surface area contributed by atoms with E-state index in [2.05, 4.69) is 34.3 Å². The quantitative estimate of drug-likeness (QED) is 0.835. The van der Waals surface area contributed by atoms with E-state index in [-0.39, 0.29) is 0 Å². The molecule has 0 radical (unpaired) electrons. The van der Waals surface area contributed by atoms with Gasteiger partial charge in [-0.3, -0.25) is 4.90 Å². The molecule has 1 saturated heterocycles. The van der Waals surface area contributed by atoms with Crippen molar-refractivity contribution in [2.24, 2.45) is 5.41 Å². The third kappa shape index (κ3) is 3.81. The van der Waals surface area contributed by atoms with E-state index in [1.807, 2.05) is 0 Å². The molecule has 130 valence electrons. The Morgan fingerprint density at radius 2 is 1.92 bits per heavy atom. The molecule has 0 saturated carbocycles. The van der Waals surface area contributed by atoms with Crippen molar-refractivity contribution >= 4 is 9.84 Å². The number of rotatable bonds is 4. The van der Waals surface area contributed by atoms with Gasteiger partial charge in [0.2, 0.25) is 0 Å². The zero-order valence-corrected chi connectivity index (χ0v) is 15.1. The van der Waals surface area contributed by atoms with Crippen LogP contribution in [0.3, 0.4) is 0 Å². The summed E-state index contributed by atoms with van der Waals surface area (Å²) in [6.07, 6.45) is 3.61. The van der Waals surface area contributed by atoms with Crippen molar-refractivity contribution < 1.29 is 8.42 Å². The van der Waals surface area contributed by atoms with Gasteiger partial charge in [-0.15, -0.1) is 5.10 Å². The second kappa shape index (κ2) is 6.25. The maximum atomic E-state index is 11.6. The number of aromatic nitrogens is 4. The molecule has 0 N–H and O–H groups in total. The Labute approximate surface area is 142 Å². The third-order valence-corrected chi connectivity index (χ3v) is 5.52. The van der Waals surface area contributed by atoms with E-state index in [1.165, 1.54) is 19.1 Å². The molecule has 1 aliphatic rings. The minimum absolute atomic E-state index is 0.290. The Balaban J connectivity index is 1.80. The molecule has 0 atom stereocenters. The highest BCUT2D eigenvalue weighted by atomic mass is 32.2. The number of sulfone groups is 1. The average molecular weight is 349 g/mol. The van der Waals surface area contributed by atoms with Gasteiger partial charge in [-0.2, -0.15) is 4.68 Å².